The Balaban J connectivity index is 1.99. The fourth-order valence-corrected chi connectivity index (χ4v) is 1.34. The van der Waals surface area contributed by atoms with Crippen molar-refractivity contribution >= 4 is 11.8 Å². The number of nitrogens with zero attached hydrogens (tertiary/aromatic N) is 4. The molecule has 3 N–H and O–H groups in total. The van der Waals surface area contributed by atoms with Crippen LogP contribution in [0.5, 0.6) is 0 Å². The minimum atomic E-state index is 0.219. The Morgan fingerprint density at radius 2 is 2.28 bits per heavy atom. The minimum absolute atomic E-state index is 0.219. The second-order valence-corrected chi connectivity index (χ2v) is 3.65. The van der Waals surface area contributed by atoms with Crippen LogP contribution < -0.4 is 11.1 Å². The highest BCUT2D eigenvalue weighted by atomic mass is 16.5. The minimum Gasteiger partial charge on any atom is -0.375 e. The van der Waals surface area contributed by atoms with Gasteiger partial charge in [-0.2, -0.15) is 9.97 Å². The van der Waals surface area contributed by atoms with Crippen molar-refractivity contribution in [2.45, 2.75) is 20.1 Å². The van der Waals surface area contributed by atoms with Crippen molar-refractivity contribution in [2.24, 2.45) is 0 Å². The van der Waals surface area contributed by atoms with Crippen molar-refractivity contribution in [3.63, 3.8) is 0 Å². The topological polar surface area (TPSA) is 112 Å². The van der Waals surface area contributed by atoms with Gasteiger partial charge in [0.1, 0.15) is 12.4 Å². The van der Waals surface area contributed by atoms with Gasteiger partial charge in [-0.15, -0.1) is 0 Å². The zero-order valence-electron chi connectivity index (χ0n) is 10.2. The molecule has 0 saturated carbocycles. The molecule has 0 aliphatic rings. The van der Waals surface area contributed by atoms with Gasteiger partial charge >= 0.3 is 0 Å². The quantitative estimate of drug-likeness (QED) is 0.789. The zero-order valence-corrected chi connectivity index (χ0v) is 10.2. The van der Waals surface area contributed by atoms with Crippen LogP contribution in [0.25, 0.3) is 0 Å². The molecule has 0 fully saturated rings. The third-order valence-electron chi connectivity index (χ3n) is 2.18. The summed E-state index contributed by atoms with van der Waals surface area (Å²) >= 11 is 0. The summed E-state index contributed by atoms with van der Waals surface area (Å²) in [5.74, 6) is 1.84. The third-order valence-corrected chi connectivity index (χ3v) is 2.18. The second kappa shape index (κ2) is 5.41. The summed E-state index contributed by atoms with van der Waals surface area (Å²) < 4.78 is 9.85. The van der Waals surface area contributed by atoms with Gasteiger partial charge in [0, 0.05) is 18.9 Å². The maximum atomic E-state index is 5.51. The van der Waals surface area contributed by atoms with Gasteiger partial charge in [0.2, 0.25) is 5.95 Å². The largest absolute Gasteiger partial charge is 0.375 e. The molecule has 96 valence electrons. The molecule has 0 aromatic carbocycles. The molecule has 2 aromatic rings. The molecule has 2 aromatic heterocycles. The van der Waals surface area contributed by atoms with Crippen molar-refractivity contribution in [1.82, 2.24) is 20.1 Å². The molecule has 0 amide bonds. The molecule has 0 bridgehead atoms. The fraction of sp³-hybridized carbons (Fsp3) is 0.400. The average molecular weight is 250 g/mol. The number of nitrogen functional groups attached to an aromatic ring is 1. The first-order valence-electron chi connectivity index (χ1n) is 5.32. The predicted octanol–water partition coefficient (Wildman–Crippen LogP) is 0.509. The molecule has 2 heterocycles. The SMILES string of the molecule is COCc1nc(CNc2nc(N)ncc2C)no1. The molecule has 2 rings (SSSR count). The summed E-state index contributed by atoms with van der Waals surface area (Å²) in [4.78, 5) is 12.1. The van der Waals surface area contributed by atoms with Crippen LogP contribution in [0.1, 0.15) is 17.3 Å². The van der Waals surface area contributed by atoms with E-state index in [-0.39, 0.29) is 5.95 Å². The number of methoxy groups -OCH3 is 1. The first-order valence-corrected chi connectivity index (χ1v) is 5.32. The van der Waals surface area contributed by atoms with Crippen LogP contribution in [0.4, 0.5) is 11.8 Å². The molecular weight excluding hydrogens is 236 g/mol. The Morgan fingerprint density at radius 1 is 1.44 bits per heavy atom. The van der Waals surface area contributed by atoms with E-state index in [2.05, 4.69) is 25.4 Å². The van der Waals surface area contributed by atoms with Crippen LogP contribution >= 0.6 is 0 Å². The van der Waals surface area contributed by atoms with E-state index < -0.39 is 0 Å². The number of aromatic nitrogens is 4. The van der Waals surface area contributed by atoms with E-state index in [0.717, 1.165) is 5.56 Å². The van der Waals surface area contributed by atoms with E-state index >= 15 is 0 Å². The first kappa shape index (κ1) is 12.2. The highest BCUT2D eigenvalue weighted by Gasteiger charge is 2.07. The Kier molecular flexibility index (Phi) is 3.68. The number of aryl methyl sites for hydroxylation is 1. The zero-order chi connectivity index (χ0) is 13.0. The summed E-state index contributed by atoms with van der Waals surface area (Å²) in [6.07, 6.45) is 1.65. The van der Waals surface area contributed by atoms with Gasteiger partial charge in [0.15, 0.2) is 5.82 Å². The van der Waals surface area contributed by atoms with E-state index in [1.807, 2.05) is 6.92 Å². The smallest absolute Gasteiger partial charge is 0.252 e. The molecule has 18 heavy (non-hydrogen) atoms. The van der Waals surface area contributed by atoms with Crippen LogP contribution in [0, 0.1) is 6.92 Å². The van der Waals surface area contributed by atoms with Crippen LogP contribution in [0.3, 0.4) is 0 Å². The van der Waals surface area contributed by atoms with Crippen molar-refractivity contribution in [3.8, 4) is 0 Å². The third kappa shape index (κ3) is 2.92. The van der Waals surface area contributed by atoms with E-state index in [0.29, 0.717) is 30.7 Å². The van der Waals surface area contributed by atoms with Crippen LogP contribution in [0.2, 0.25) is 0 Å². The standard InChI is InChI=1S/C10H14N6O2/c1-6-3-13-10(11)15-9(6)12-4-7-14-8(5-17-2)18-16-7/h3H,4-5H2,1-2H3,(H3,11,12,13,15). The molecule has 0 saturated heterocycles. The lowest BCUT2D eigenvalue weighted by Crippen LogP contribution is -2.07. The number of nitrogens with one attached hydrogen (secondary N) is 1. The highest BCUT2D eigenvalue weighted by molar-refractivity contribution is 5.44. The van der Waals surface area contributed by atoms with E-state index in [9.17, 15) is 0 Å². The fourth-order valence-electron chi connectivity index (χ4n) is 1.34. The molecule has 8 heteroatoms. The lowest BCUT2D eigenvalue weighted by Gasteiger charge is -2.05. The number of hydrogen-bond acceptors (Lipinski definition) is 8. The van der Waals surface area contributed by atoms with Crippen LogP contribution in [-0.2, 0) is 17.9 Å². The number of ether oxygens (including phenoxy) is 1. The lowest BCUT2D eigenvalue weighted by molar-refractivity contribution is 0.151. The molecule has 8 nitrogen and oxygen atoms in total. The predicted molar refractivity (Wildman–Crippen MR) is 63.5 cm³/mol. The van der Waals surface area contributed by atoms with Crippen molar-refractivity contribution in [2.75, 3.05) is 18.2 Å². The molecule has 0 aliphatic carbocycles. The number of nitrogens with two attached hydrogens (primary N) is 1. The lowest BCUT2D eigenvalue weighted by atomic mass is 10.3. The maximum absolute atomic E-state index is 5.51. The van der Waals surface area contributed by atoms with E-state index in [4.69, 9.17) is 15.0 Å². The Labute approximate surface area is 104 Å². The van der Waals surface area contributed by atoms with Gasteiger partial charge in [0.05, 0.1) is 6.54 Å². The molecule has 0 atom stereocenters. The molecular formula is C10H14N6O2. The van der Waals surface area contributed by atoms with Crippen molar-refractivity contribution < 1.29 is 9.26 Å². The van der Waals surface area contributed by atoms with Crippen LogP contribution in [0.15, 0.2) is 10.7 Å². The Morgan fingerprint density at radius 3 is 3.06 bits per heavy atom. The molecule has 0 aliphatic heterocycles. The monoisotopic (exact) mass is 250 g/mol. The van der Waals surface area contributed by atoms with Gasteiger partial charge < -0.3 is 20.3 Å². The van der Waals surface area contributed by atoms with Crippen molar-refractivity contribution in [1.29, 1.82) is 0 Å². The second-order valence-electron chi connectivity index (χ2n) is 3.65. The number of rotatable bonds is 5. The van der Waals surface area contributed by atoms with Gasteiger partial charge in [0.25, 0.3) is 5.89 Å². The van der Waals surface area contributed by atoms with Crippen LogP contribution in [-0.4, -0.2) is 27.2 Å². The van der Waals surface area contributed by atoms with E-state index in [1.165, 1.54) is 0 Å². The average Bonchev–Trinajstić information content (AvgIpc) is 2.79. The summed E-state index contributed by atoms with van der Waals surface area (Å²) in [6.45, 7) is 2.57. The summed E-state index contributed by atoms with van der Waals surface area (Å²) in [5, 5.41) is 6.87. The summed E-state index contributed by atoms with van der Waals surface area (Å²) in [7, 11) is 1.56. The summed E-state index contributed by atoms with van der Waals surface area (Å²) in [6, 6.07) is 0. The van der Waals surface area contributed by atoms with E-state index in [1.54, 1.807) is 13.3 Å². The number of hydrogen-bond donors (Lipinski definition) is 2. The molecule has 0 radical (unpaired) electrons. The van der Waals surface area contributed by atoms with Crippen molar-refractivity contribution in [3.05, 3.63) is 23.5 Å². The molecule has 0 unspecified atom stereocenters. The van der Waals surface area contributed by atoms with Gasteiger partial charge in [-0.25, -0.2) is 4.98 Å². The summed E-state index contributed by atoms with van der Waals surface area (Å²) in [5.41, 5.74) is 6.40. The van der Waals surface area contributed by atoms with Gasteiger partial charge in [-0.3, -0.25) is 0 Å². The maximum Gasteiger partial charge on any atom is 0.252 e. The normalized spacial score (nSPS) is 10.6. The highest BCUT2D eigenvalue weighted by Crippen LogP contribution is 2.11. The Bertz CT molecular complexity index is 527. The van der Waals surface area contributed by atoms with Gasteiger partial charge in [-0.05, 0) is 6.92 Å². The Hall–Kier alpha value is -2.22. The molecule has 0 spiro atoms. The van der Waals surface area contributed by atoms with Gasteiger partial charge in [-0.1, -0.05) is 5.16 Å². The number of anilines is 2. The first-order chi connectivity index (χ1) is 8.69.